The predicted octanol–water partition coefficient (Wildman–Crippen LogP) is 3.62. The SMILES string of the molecule is Cc1ccccc1S(=O)(=O)N1CCCC1CC(=O)NC12CC3CC(CC(C3)C1)C2. The van der Waals surface area contributed by atoms with Crippen LogP contribution in [0, 0.1) is 24.7 Å². The Balaban J connectivity index is 1.29. The summed E-state index contributed by atoms with van der Waals surface area (Å²) in [5.41, 5.74) is 0.751. The summed E-state index contributed by atoms with van der Waals surface area (Å²) >= 11 is 0. The number of carbonyl (C=O) groups excluding carboxylic acids is 1. The van der Waals surface area contributed by atoms with Gasteiger partial charge in [0.25, 0.3) is 0 Å². The lowest BCUT2D eigenvalue weighted by molar-refractivity contribution is -0.127. The Hall–Kier alpha value is -1.40. The average molecular weight is 417 g/mol. The van der Waals surface area contributed by atoms with Crippen molar-refractivity contribution in [3.63, 3.8) is 0 Å². The van der Waals surface area contributed by atoms with Gasteiger partial charge in [0.2, 0.25) is 15.9 Å². The molecule has 5 nitrogen and oxygen atoms in total. The van der Waals surface area contributed by atoms with Crippen LogP contribution in [0.3, 0.4) is 0 Å². The fourth-order valence-corrected chi connectivity index (χ4v) is 9.05. The van der Waals surface area contributed by atoms with Crippen LogP contribution in [-0.2, 0) is 14.8 Å². The molecule has 0 aromatic heterocycles. The van der Waals surface area contributed by atoms with Gasteiger partial charge in [0.05, 0.1) is 4.90 Å². The molecule has 1 unspecified atom stereocenters. The molecule has 1 amide bonds. The van der Waals surface area contributed by atoms with Gasteiger partial charge >= 0.3 is 0 Å². The summed E-state index contributed by atoms with van der Waals surface area (Å²) < 4.78 is 28.1. The zero-order chi connectivity index (χ0) is 20.2. The molecule has 1 aromatic rings. The van der Waals surface area contributed by atoms with E-state index in [0.717, 1.165) is 55.4 Å². The normalized spacial score (nSPS) is 36.4. The highest BCUT2D eigenvalue weighted by Gasteiger charge is 2.51. The van der Waals surface area contributed by atoms with Gasteiger partial charge in [0.15, 0.2) is 0 Å². The lowest BCUT2D eigenvalue weighted by Crippen LogP contribution is -2.60. The second-order valence-electron chi connectivity index (χ2n) is 10.1. The lowest BCUT2D eigenvalue weighted by atomic mass is 9.53. The third-order valence-corrected chi connectivity index (χ3v) is 9.98. The Kier molecular flexibility index (Phi) is 4.78. The number of hydrogen-bond donors (Lipinski definition) is 1. The summed E-state index contributed by atoms with van der Waals surface area (Å²) in [5.74, 6) is 2.40. The molecular formula is C23H32N2O3S. The molecule has 1 aromatic carbocycles. The van der Waals surface area contributed by atoms with Crippen LogP contribution in [0.4, 0.5) is 0 Å². The quantitative estimate of drug-likeness (QED) is 0.797. The van der Waals surface area contributed by atoms with Crippen LogP contribution in [0.15, 0.2) is 29.2 Å². The van der Waals surface area contributed by atoms with Crippen molar-refractivity contribution >= 4 is 15.9 Å². The molecule has 29 heavy (non-hydrogen) atoms. The molecule has 1 saturated heterocycles. The maximum atomic E-state index is 13.3. The van der Waals surface area contributed by atoms with E-state index >= 15 is 0 Å². The van der Waals surface area contributed by atoms with Crippen LogP contribution in [0.1, 0.15) is 63.4 Å². The first kappa shape index (κ1) is 19.6. The van der Waals surface area contributed by atoms with Gasteiger partial charge in [-0.2, -0.15) is 4.31 Å². The van der Waals surface area contributed by atoms with E-state index in [-0.39, 0.29) is 23.9 Å². The minimum Gasteiger partial charge on any atom is -0.351 e. The second-order valence-corrected chi connectivity index (χ2v) is 12.0. The monoisotopic (exact) mass is 416 g/mol. The first-order valence-electron chi connectivity index (χ1n) is 11.2. The van der Waals surface area contributed by atoms with Crippen molar-refractivity contribution in [2.24, 2.45) is 17.8 Å². The Labute approximate surface area is 174 Å². The highest BCUT2D eigenvalue weighted by Crippen LogP contribution is 2.55. The molecule has 0 spiro atoms. The van der Waals surface area contributed by atoms with Gasteiger partial charge < -0.3 is 5.32 Å². The van der Waals surface area contributed by atoms with Gasteiger partial charge in [-0.3, -0.25) is 4.79 Å². The smallest absolute Gasteiger partial charge is 0.243 e. The van der Waals surface area contributed by atoms with Crippen molar-refractivity contribution < 1.29 is 13.2 Å². The molecule has 1 aliphatic heterocycles. The summed E-state index contributed by atoms with van der Waals surface area (Å²) in [4.78, 5) is 13.4. The fraction of sp³-hybridized carbons (Fsp3) is 0.696. The van der Waals surface area contributed by atoms with Crippen LogP contribution in [-0.4, -0.2) is 36.8 Å². The molecule has 4 bridgehead atoms. The van der Waals surface area contributed by atoms with E-state index in [9.17, 15) is 13.2 Å². The number of benzene rings is 1. The average Bonchev–Trinajstić information content (AvgIpc) is 3.09. The van der Waals surface area contributed by atoms with Crippen molar-refractivity contribution in [3.8, 4) is 0 Å². The summed E-state index contributed by atoms with van der Waals surface area (Å²) in [7, 11) is -3.56. The van der Waals surface area contributed by atoms with Crippen LogP contribution in [0.25, 0.3) is 0 Å². The van der Waals surface area contributed by atoms with Gasteiger partial charge in [-0.1, -0.05) is 18.2 Å². The van der Waals surface area contributed by atoms with E-state index in [1.807, 2.05) is 19.1 Å². The Morgan fingerprint density at radius 3 is 2.34 bits per heavy atom. The van der Waals surface area contributed by atoms with Crippen molar-refractivity contribution in [2.75, 3.05) is 6.54 Å². The molecule has 1 atom stereocenters. The molecule has 4 aliphatic carbocycles. The molecular weight excluding hydrogens is 384 g/mol. The van der Waals surface area contributed by atoms with Crippen LogP contribution < -0.4 is 5.32 Å². The molecule has 5 fully saturated rings. The van der Waals surface area contributed by atoms with Crippen LogP contribution >= 0.6 is 0 Å². The molecule has 1 N–H and O–H groups in total. The fourth-order valence-electron chi connectivity index (χ4n) is 7.13. The minimum atomic E-state index is -3.56. The maximum absolute atomic E-state index is 13.3. The predicted molar refractivity (Wildman–Crippen MR) is 112 cm³/mol. The first-order valence-corrected chi connectivity index (χ1v) is 12.7. The van der Waals surface area contributed by atoms with Crippen LogP contribution in [0.2, 0.25) is 0 Å². The van der Waals surface area contributed by atoms with E-state index in [2.05, 4.69) is 5.32 Å². The number of rotatable bonds is 5. The van der Waals surface area contributed by atoms with Gasteiger partial charge in [0, 0.05) is 24.5 Å². The van der Waals surface area contributed by atoms with Crippen LogP contribution in [0.5, 0.6) is 0 Å². The molecule has 4 saturated carbocycles. The first-order chi connectivity index (χ1) is 13.8. The molecule has 6 rings (SSSR count). The van der Waals surface area contributed by atoms with E-state index in [1.54, 1.807) is 16.4 Å². The highest BCUT2D eigenvalue weighted by molar-refractivity contribution is 7.89. The molecule has 158 valence electrons. The lowest BCUT2D eigenvalue weighted by Gasteiger charge is -2.57. The summed E-state index contributed by atoms with van der Waals surface area (Å²) in [6, 6.07) is 6.90. The van der Waals surface area contributed by atoms with Crippen molar-refractivity contribution in [1.29, 1.82) is 0 Å². The molecule has 6 heteroatoms. The van der Waals surface area contributed by atoms with Gasteiger partial charge in [-0.05, 0) is 87.7 Å². The molecule has 0 radical (unpaired) electrons. The Bertz CT molecular complexity index is 875. The number of nitrogens with one attached hydrogen (secondary N) is 1. The Morgan fingerprint density at radius 1 is 1.10 bits per heavy atom. The van der Waals surface area contributed by atoms with Crippen molar-refractivity contribution in [1.82, 2.24) is 9.62 Å². The van der Waals surface area contributed by atoms with E-state index < -0.39 is 10.0 Å². The number of hydrogen-bond acceptors (Lipinski definition) is 3. The van der Waals surface area contributed by atoms with Crippen molar-refractivity contribution in [3.05, 3.63) is 29.8 Å². The van der Waals surface area contributed by atoms with Gasteiger partial charge in [0.1, 0.15) is 0 Å². The molecule has 1 heterocycles. The standard InChI is InChI=1S/C23H32N2O3S/c1-16-5-2-3-7-21(16)29(27,28)25-8-4-6-20(25)12-22(26)24-23-13-17-9-18(14-23)11-19(10-17)15-23/h2-3,5,7,17-20H,4,6,8-15H2,1H3,(H,24,26). The van der Waals surface area contributed by atoms with Gasteiger partial charge in [-0.25, -0.2) is 8.42 Å². The summed E-state index contributed by atoms with van der Waals surface area (Å²) in [6.45, 7) is 2.34. The van der Waals surface area contributed by atoms with E-state index in [1.165, 1.54) is 19.3 Å². The third kappa shape index (κ3) is 3.52. The highest BCUT2D eigenvalue weighted by atomic mass is 32.2. The zero-order valence-corrected chi connectivity index (χ0v) is 18.1. The van der Waals surface area contributed by atoms with E-state index in [0.29, 0.717) is 11.4 Å². The minimum absolute atomic E-state index is 0.00976. The van der Waals surface area contributed by atoms with E-state index in [4.69, 9.17) is 0 Å². The number of aryl methyl sites for hydroxylation is 1. The third-order valence-electron chi connectivity index (χ3n) is 7.87. The topological polar surface area (TPSA) is 66.5 Å². The number of nitrogens with zero attached hydrogens (tertiary/aromatic N) is 1. The largest absolute Gasteiger partial charge is 0.351 e. The summed E-state index contributed by atoms with van der Waals surface area (Å²) in [5, 5.41) is 3.41. The summed E-state index contributed by atoms with van der Waals surface area (Å²) in [6.07, 6.45) is 9.29. The zero-order valence-electron chi connectivity index (χ0n) is 17.3. The van der Waals surface area contributed by atoms with Crippen molar-refractivity contribution in [2.45, 2.75) is 81.2 Å². The van der Waals surface area contributed by atoms with Gasteiger partial charge in [-0.15, -0.1) is 0 Å². The maximum Gasteiger partial charge on any atom is 0.243 e. The number of amides is 1. The Morgan fingerprint density at radius 2 is 1.72 bits per heavy atom. The second kappa shape index (κ2) is 7.09. The number of sulfonamides is 1. The number of carbonyl (C=O) groups is 1. The molecule has 5 aliphatic rings.